The van der Waals surface area contributed by atoms with E-state index in [0.29, 0.717) is 31.9 Å². The molecule has 0 bridgehead atoms. The van der Waals surface area contributed by atoms with E-state index >= 15 is 0 Å². The number of nitrogens with zero attached hydrogens (tertiary/aromatic N) is 4. The van der Waals surface area contributed by atoms with E-state index in [0.717, 1.165) is 12.1 Å². The molecule has 10 heteroatoms. The fraction of sp³-hybridized carbons (Fsp3) is 0.429. The van der Waals surface area contributed by atoms with Crippen LogP contribution < -0.4 is 22.1 Å². The largest absolute Gasteiger partial charge is 0.354 e. The van der Waals surface area contributed by atoms with E-state index in [1.807, 2.05) is 31.3 Å². The van der Waals surface area contributed by atoms with Crippen LogP contribution >= 0.6 is 0 Å². The van der Waals surface area contributed by atoms with E-state index < -0.39 is 11.2 Å². The molecule has 1 fully saturated rings. The lowest BCUT2D eigenvalue weighted by atomic mass is 10.1. The average Bonchev–Trinajstić information content (AvgIpc) is 2.74. The van der Waals surface area contributed by atoms with Gasteiger partial charge in [0.25, 0.3) is 0 Å². The van der Waals surface area contributed by atoms with Gasteiger partial charge in [0.05, 0.1) is 11.2 Å². The molecule has 4 N–H and O–H groups in total. The van der Waals surface area contributed by atoms with Gasteiger partial charge < -0.3 is 20.9 Å². The second kappa shape index (κ2) is 9.27. The minimum absolute atomic E-state index is 0.142. The summed E-state index contributed by atoms with van der Waals surface area (Å²) in [6, 6.07) is 8.78. The Morgan fingerprint density at radius 1 is 1.06 bits per heavy atom. The maximum atomic E-state index is 12.5. The number of nitrogens with one attached hydrogen (secondary N) is 2. The van der Waals surface area contributed by atoms with Gasteiger partial charge in [-0.15, -0.1) is 0 Å². The van der Waals surface area contributed by atoms with E-state index in [1.54, 1.807) is 35.9 Å². The van der Waals surface area contributed by atoms with Crippen LogP contribution in [-0.4, -0.2) is 70.1 Å². The zero-order chi connectivity index (χ0) is 22.6. The number of aromatic nitrogens is 2. The average molecular weight is 428 g/mol. The summed E-state index contributed by atoms with van der Waals surface area (Å²) in [5.74, 6) is 0.0384. The van der Waals surface area contributed by atoms with Crippen molar-refractivity contribution in [3.8, 4) is 5.69 Å². The van der Waals surface area contributed by atoms with Crippen molar-refractivity contribution in [3.63, 3.8) is 0 Å². The molecule has 1 saturated heterocycles. The van der Waals surface area contributed by atoms with Crippen molar-refractivity contribution in [1.29, 1.82) is 0 Å². The molecule has 0 radical (unpaired) electrons. The molecule has 2 heterocycles. The van der Waals surface area contributed by atoms with Crippen LogP contribution in [0.1, 0.15) is 19.4 Å². The fourth-order valence-electron chi connectivity index (χ4n) is 3.36. The number of nitrogens with two attached hydrogens (primary N) is 1. The zero-order valence-electron chi connectivity index (χ0n) is 18.1. The SMILES string of the molecule is CNCc1ccc(-n2ccc(NC(=O)N3CCN(C(=O)C(C)(C)N)CC3)nc2=O)cc1. The van der Waals surface area contributed by atoms with Crippen molar-refractivity contribution >= 4 is 17.8 Å². The van der Waals surface area contributed by atoms with E-state index in [4.69, 9.17) is 5.73 Å². The molecule has 0 unspecified atom stereocenters. The molecular weight excluding hydrogens is 398 g/mol. The summed E-state index contributed by atoms with van der Waals surface area (Å²) >= 11 is 0. The van der Waals surface area contributed by atoms with Crippen LogP contribution in [-0.2, 0) is 11.3 Å². The van der Waals surface area contributed by atoms with E-state index in [-0.39, 0.29) is 17.8 Å². The van der Waals surface area contributed by atoms with Crippen LogP contribution in [0.5, 0.6) is 0 Å². The van der Waals surface area contributed by atoms with Gasteiger partial charge in [-0.25, -0.2) is 9.59 Å². The molecule has 10 nitrogen and oxygen atoms in total. The maximum Gasteiger partial charge on any atom is 0.354 e. The van der Waals surface area contributed by atoms with Crippen molar-refractivity contribution in [2.24, 2.45) is 5.73 Å². The normalized spacial score (nSPS) is 14.5. The van der Waals surface area contributed by atoms with Crippen LogP contribution in [0.25, 0.3) is 5.69 Å². The number of hydrogen-bond acceptors (Lipinski definition) is 6. The number of urea groups is 1. The molecule has 1 aromatic carbocycles. The van der Waals surface area contributed by atoms with Gasteiger partial charge in [0.15, 0.2) is 0 Å². The van der Waals surface area contributed by atoms with Crippen LogP contribution in [0.3, 0.4) is 0 Å². The van der Waals surface area contributed by atoms with Gasteiger partial charge in [0.2, 0.25) is 5.91 Å². The first-order valence-corrected chi connectivity index (χ1v) is 10.2. The first-order chi connectivity index (χ1) is 14.7. The van der Waals surface area contributed by atoms with Gasteiger partial charge in [-0.1, -0.05) is 12.1 Å². The molecule has 3 amide bonds. The van der Waals surface area contributed by atoms with Crippen LogP contribution in [0.4, 0.5) is 10.6 Å². The molecule has 0 saturated carbocycles. The van der Waals surface area contributed by atoms with Crippen LogP contribution in [0.2, 0.25) is 0 Å². The topological polar surface area (TPSA) is 126 Å². The summed E-state index contributed by atoms with van der Waals surface area (Å²) in [5.41, 5.74) is 6.24. The standard InChI is InChI=1S/C21H29N7O3/c1-21(2,22)18(29)26-10-12-27(13-11-26)19(30)24-17-8-9-28(20(31)25-17)16-6-4-15(5-7-16)14-23-3/h4-9,23H,10-14,22H2,1-3H3,(H,24,25,30,31). The van der Waals surface area contributed by atoms with Gasteiger partial charge in [-0.3, -0.25) is 14.7 Å². The summed E-state index contributed by atoms with van der Waals surface area (Å²) in [4.78, 5) is 44.4. The van der Waals surface area contributed by atoms with E-state index in [9.17, 15) is 14.4 Å². The number of anilines is 1. The Labute approximate surface area is 181 Å². The number of hydrogen-bond donors (Lipinski definition) is 3. The van der Waals surface area contributed by atoms with Crippen molar-refractivity contribution in [2.45, 2.75) is 25.9 Å². The lowest BCUT2D eigenvalue weighted by Crippen LogP contribution is -2.58. The highest BCUT2D eigenvalue weighted by atomic mass is 16.2. The van der Waals surface area contributed by atoms with Crippen LogP contribution in [0, 0.1) is 0 Å². The van der Waals surface area contributed by atoms with Crippen LogP contribution in [0.15, 0.2) is 41.3 Å². The van der Waals surface area contributed by atoms with E-state index in [2.05, 4.69) is 15.6 Å². The molecule has 0 aliphatic carbocycles. The highest BCUT2D eigenvalue weighted by Crippen LogP contribution is 2.12. The monoisotopic (exact) mass is 427 g/mol. The molecule has 2 aromatic rings. The predicted molar refractivity (Wildman–Crippen MR) is 118 cm³/mol. The Morgan fingerprint density at radius 2 is 1.68 bits per heavy atom. The summed E-state index contributed by atoms with van der Waals surface area (Å²) in [7, 11) is 1.87. The zero-order valence-corrected chi connectivity index (χ0v) is 18.1. The van der Waals surface area contributed by atoms with Gasteiger partial charge in [-0.05, 0) is 44.7 Å². The quantitative estimate of drug-likeness (QED) is 0.633. The summed E-state index contributed by atoms with van der Waals surface area (Å²) in [5, 5.41) is 5.73. The molecule has 1 aromatic heterocycles. The number of benzene rings is 1. The Balaban J connectivity index is 1.61. The summed E-state index contributed by atoms with van der Waals surface area (Å²) in [6.07, 6.45) is 1.58. The third-order valence-corrected chi connectivity index (χ3v) is 5.04. The van der Waals surface area contributed by atoms with Gasteiger partial charge in [0.1, 0.15) is 5.82 Å². The second-order valence-electron chi connectivity index (χ2n) is 8.09. The minimum atomic E-state index is -0.939. The third-order valence-electron chi connectivity index (χ3n) is 5.04. The van der Waals surface area contributed by atoms with E-state index in [1.165, 1.54) is 4.57 Å². The lowest BCUT2D eigenvalue weighted by molar-refractivity contribution is -0.137. The Morgan fingerprint density at radius 3 is 2.23 bits per heavy atom. The smallest absolute Gasteiger partial charge is 0.338 e. The minimum Gasteiger partial charge on any atom is -0.338 e. The molecule has 166 valence electrons. The van der Waals surface area contributed by atoms with Crippen molar-refractivity contribution < 1.29 is 9.59 Å². The highest BCUT2D eigenvalue weighted by molar-refractivity contribution is 5.89. The Kier molecular flexibility index (Phi) is 6.71. The van der Waals surface area contributed by atoms with Crippen molar-refractivity contribution in [1.82, 2.24) is 24.7 Å². The number of piperazine rings is 1. The van der Waals surface area contributed by atoms with Crippen molar-refractivity contribution in [2.75, 3.05) is 38.5 Å². The number of amides is 3. The highest BCUT2D eigenvalue weighted by Gasteiger charge is 2.31. The fourth-order valence-corrected chi connectivity index (χ4v) is 3.36. The first-order valence-electron chi connectivity index (χ1n) is 10.2. The Hall–Kier alpha value is -3.24. The van der Waals surface area contributed by atoms with Gasteiger partial charge in [-0.2, -0.15) is 4.98 Å². The molecule has 0 spiro atoms. The summed E-state index contributed by atoms with van der Waals surface area (Å²) < 4.78 is 1.41. The van der Waals surface area contributed by atoms with Gasteiger partial charge >= 0.3 is 11.7 Å². The Bertz CT molecular complexity index is 987. The number of rotatable bonds is 5. The molecular formula is C21H29N7O3. The first kappa shape index (κ1) is 22.4. The van der Waals surface area contributed by atoms with Crippen molar-refractivity contribution in [3.05, 3.63) is 52.6 Å². The summed E-state index contributed by atoms with van der Waals surface area (Å²) in [6.45, 7) is 5.65. The molecule has 1 aliphatic heterocycles. The molecule has 0 atom stereocenters. The number of carbonyl (C=O) groups is 2. The van der Waals surface area contributed by atoms with Gasteiger partial charge in [0, 0.05) is 38.9 Å². The predicted octanol–water partition coefficient (Wildman–Crippen LogP) is 0.365. The number of carbonyl (C=O) groups excluding carboxylic acids is 2. The molecule has 1 aliphatic rings. The molecule has 31 heavy (non-hydrogen) atoms. The maximum absolute atomic E-state index is 12.5. The third kappa shape index (κ3) is 5.47. The molecule has 3 rings (SSSR count). The lowest BCUT2D eigenvalue weighted by Gasteiger charge is -2.37. The second-order valence-corrected chi connectivity index (χ2v) is 8.09.